The van der Waals surface area contributed by atoms with Crippen molar-refractivity contribution in [2.24, 2.45) is 0 Å². The second-order valence-corrected chi connectivity index (χ2v) is 0. The molecule has 0 aromatic rings. The average Bonchev–Trinajstić information content (AvgIpc) is 1.00. The van der Waals surface area contributed by atoms with Gasteiger partial charge in [-0.15, -0.1) is 0 Å². The Kier molecular flexibility index (Phi) is 412. The van der Waals surface area contributed by atoms with E-state index < -0.39 is 0 Å². The van der Waals surface area contributed by atoms with Crippen LogP contribution in [-0.2, 0) is 25.0 Å². The quantitative estimate of drug-likeness (QED) is 0.416. The summed E-state index contributed by atoms with van der Waals surface area (Å²) in [6, 6.07) is 0. The van der Waals surface area contributed by atoms with Crippen molar-refractivity contribution in [3.63, 3.8) is 0 Å². The van der Waals surface area contributed by atoms with Gasteiger partial charge in [-0.05, 0) is 0 Å². The van der Waals surface area contributed by atoms with E-state index in [0.717, 1.165) is 0 Å². The van der Waals surface area contributed by atoms with Crippen molar-refractivity contribution in [3.8, 4) is 0 Å². The zero-order valence-corrected chi connectivity index (χ0v) is 6.08. The Hall–Kier alpha value is 0.583. The van der Waals surface area contributed by atoms with E-state index in [1.165, 1.54) is 0 Å². The van der Waals surface area contributed by atoms with Gasteiger partial charge in [0.1, 0.15) is 0 Å². The van der Waals surface area contributed by atoms with Crippen LogP contribution in [0.5, 0.6) is 0 Å². The number of hydrogen-bond acceptors (Lipinski definition) is 0. The van der Waals surface area contributed by atoms with E-state index in [0.29, 0.717) is 0 Å². The summed E-state index contributed by atoms with van der Waals surface area (Å²) in [5.74, 6) is 0. The summed E-state index contributed by atoms with van der Waals surface area (Å²) in [5.41, 5.74) is 0. The van der Waals surface area contributed by atoms with E-state index in [1.807, 2.05) is 13.8 Å². The topological polar surface area (TPSA) is 28.5 Å². The van der Waals surface area contributed by atoms with Crippen molar-refractivity contribution in [2.75, 3.05) is 0 Å². The van der Waals surface area contributed by atoms with Crippen LogP contribution in [0.25, 0.3) is 0 Å². The number of rotatable bonds is 0. The van der Waals surface area contributed by atoms with Crippen LogP contribution in [0.3, 0.4) is 0 Å². The molecule has 0 fully saturated rings. The van der Waals surface area contributed by atoms with Gasteiger partial charge >= 0.3 is 19.5 Å². The van der Waals surface area contributed by atoms with Crippen LogP contribution in [0.2, 0.25) is 0 Å². The molecule has 0 spiro atoms. The Balaban J connectivity index is -0.00000000500. The van der Waals surface area contributed by atoms with Gasteiger partial charge in [-0.3, -0.25) is 0 Å². The summed E-state index contributed by atoms with van der Waals surface area (Å²) in [5, 5.41) is 0. The smallest absolute Gasteiger partial charge is 2.00 e. The Bertz CT molecular complexity index is 6.00. The Labute approximate surface area is 39.5 Å². The molecular weight excluding hydrogens is 105 g/mol. The second kappa shape index (κ2) is 70.3. The second-order valence-electron chi connectivity index (χ2n) is 0. The van der Waals surface area contributed by atoms with E-state index in [4.69, 9.17) is 0 Å². The summed E-state index contributed by atoms with van der Waals surface area (Å²) in [4.78, 5) is 0. The first-order valence-electron chi connectivity index (χ1n) is 1.00. The summed E-state index contributed by atoms with van der Waals surface area (Å²) in [7, 11) is 0. The SMILES string of the molecule is CC.[O-2].[Zn+2]. The minimum Gasteiger partial charge on any atom is -2.00 e. The zero-order chi connectivity index (χ0) is 2.00. The maximum atomic E-state index is 2.00. The molecule has 0 bridgehead atoms. The predicted octanol–water partition coefficient (Wildman–Crippen LogP) is 0.905. The molecule has 0 atom stereocenters. The van der Waals surface area contributed by atoms with E-state index in [1.54, 1.807) is 0 Å². The molecule has 0 aromatic carbocycles. The molecule has 0 aromatic heterocycles. The van der Waals surface area contributed by atoms with Crippen LogP contribution in [0, 0.1) is 0 Å². The molecule has 0 aliphatic carbocycles. The molecule has 22 valence electrons. The van der Waals surface area contributed by atoms with Crippen LogP contribution in [0.15, 0.2) is 0 Å². The minimum absolute atomic E-state index is 0. The maximum absolute atomic E-state index is 2.00. The molecule has 0 rings (SSSR count). The summed E-state index contributed by atoms with van der Waals surface area (Å²) in [6.07, 6.45) is 0. The average molecular weight is 111 g/mol. The fourth-order valence-corrected chi connectivity index (χ4v) is 0. The largest absolute Gasteiger partial charge is 2.00 e. The molecule has 0 aliphatic heterocycles. The Morgan fingerprint density at radius 3 is 1.00 bits per heavy atom. The van der Waals surface area contributed by atoms with Crippen molar-refractivity contribution >= 4 is 0 Å². The molecule has 0 saturated heterocycles. The van der Waals surface area contributed by atoms with Crippen molar-refractivity contribution in [2.45, 2.75) is 13.8 Å². The molecule has 0 aliphatic rings. The van der Waals surface area contributed by atoms with Crippen molar-refractivity contribution in [3.05, 3.63) is 0 Å². The van der Waals surface area contributed by atoms with Crippen LogP contribution < -0.4 is 0 Å². The fraction of sp³-hybridized carbons (Fsp3) is 1.00. The summed E-state index contributed by atoms with van der Waals surface area (Å²) < 4.78 is 0. The molecule has 0 radical (unpaired) electrons. The first-order chi connectivity index (χ1) is 1.00. The first-order valence-corrected chi connectivity index (χ1v) is 1.00. The normalized spacial score (nSPS) is 1.50. The van der Waals surface area contributed by atoms with Gasteiger partial charge in [0, 0.05) is 0 Å². The van der Waals surface area contributed by atoms with Gasteiger partial charge in [0.15, 0.2) is 0 Å². The van der Waals surface area contributed by atoms with E-state index >= 15 is 0 Å². The summed E-state index contributed by atoms with van der Waals surface area (Å²) >= 11 is 0. The van der Waals surface area contributed by atoms with Gasteiger partial charge in [-0.25, -0.2) is 0 Å². The number of hydrogen-bond donors (Lipinski definition) is 0. The van der Waals surface area contributed by atoms with E-state index in [2.05, 4.69) is 0 Å². The maximum Gasteiger partial charge on any atom is 2.00 e. The van der Waals surface area contributed by atoms with E-state index in [-0.39, 0.29) is 25.0 Å². The minimum atomic E-state index is 0. The molecule has 2 heteroatoms. The van der Waals surface area contributed by atoms with Crippen LogP contribution >= 0.6 is 0 Å². The standard InChI is InChI=1S/C2H6.O.Zn/c1-2;;/h1-2H3;;/q;-2;+2. The third-order valence-electron chi connectivity index (χ3n) is 0. The third kappa shape index (κ3) is 19.0. The fourth-order valence-electron chi connectivity index (χ4n) is 0. The molecule has 4 heavy (non-hydrogen) atoms. The van der Waals surface area contributed by atoms with Crippen LogP contribution in [0.1, 0.15) is 13.8 Å². The van der Waals surface area contributed by atoms with Crippen molar-refractivity contribution in [1.29, 1.82) is 0 Å². The van der Waals surface area contributed by atoms with Crippen LogP contribution in [-0.4, -0.2) is 0 Å². The van der Waals surface area contributed by atoms with Gasteiger partial charge < -0.3 is 5.48 Å². The molecule has 0 saturated carbocycles. The Morgan fingerprint density at radius 1 is 1.00 bits per heavy atom. The molecule has 0 unspecified atom stereocenters. The molecule has 0 heterocycles. The molecule has 1 nitrogen and oxygen atoms in total. The van der Waals surface area contributed by atoms with Gasteiger partial charge in [-0.1, -0.05) is 13.8 Å². The van der Waals surface area contributed by atoms with Gasteiger partial charge in [0.05, 0.1) is 0 Å². The van der Waals surface area contributed by atoms with Crippen molar-refractivity contribution in [1.82, 2.24) is 0 Å². The zero-order valence-electron chi connectivity index (χ0n) is 3.12. The molecule has 0 N–H and O–H groups in total. The molecular formula is C2H6OZn. The summed E-state index contributed by atoms with van der Waals surface area (Å²) in [6.45, 7) is 4.00. The Morgan fingerprint density at radius 2 is 1.00 bits per heavy atom. The third-order valence-corrected chi connectivity index (χ3v) is 0. The van der Waals surface area contributed by atoms with Gasteiger partial charge in [0.25, 0.3) is 0 Å². The predicted molar refractivity (Wildman–Crippen MR) is 12.0 cm³/mol. The first kappa shape index (κ1) is 23.5. The van der Waals surface area contributed by atoms with Gasteiger partial charge in [-0.2, -0.15) is 0 Å². The van der Waals surface area contributed by atoms with Gasteiger partial charge in [0.2, 0.25) is 0 Å². The monoisotopic (exact) mass is 110 g/mol. The van der Waals surface area contributed by atoms with Crippen LogP contribution in [0.4, 0.5) is 0 Å². The van der Waals surface area contributed by atoms with E-state index in [9.17, 15) is 0 Å². The molecule has 0 amide bonds. The van der Waals surface area contributed by atoms with Crippen molar-refractivity contribution < 1.29 is 25.0 Å².